The number of methoxy groups -OCH3 is 1. The van der Waals surface area contributed by atoms with Crippen molar-refractivity contribution in [2.45, 2.75) is 0 Å². The van der Waals surface area contributed by atoms with Gasteiger partial charge in [0.05, 0.1) is 10.7 Å². The second-order valence-corrected chi connectivity index (χ2v) is 6.58. The summed E-state index contributed by atoms with van der Waals surface area (Å²) in [5.41, 5.74) is 1.51. The third kappa shape index (κ3) is 4.45. The van der Waals surface area contributed by atoms with Crippen LogP contribution in [0.2, 0.25) is 0 Å². The van der Waals surface area contributed by atoms with Gasteiger partial charge in [-0.2, -0.15) is 0 Å². The topological polar surface area (TPSA) is 94.4 Å². The lowest BCUT2D eigenvalue weighted by atomic mass is 10.1. The Kier molecular flexibility index (Phi) is 5.75. The fourth-order valence-electron chi connectivity index (χ4n) is 2.37. The molecule has 1 aliphatic rings. The highest BCUT2D eigenvalue weighted by Crippen LogP contribution is 2.35. The average molecular weight is 479 g/mol. The third-order valence-corrected chi connectivity index (χ3v) is 4.34. The minimum absolute atomic E-state index is 0.158. The van der Waals surface area contributed by atoms with E-state index in [9.17, 15) is 9.59 Å². The number of carbonyl (C=O) groups is 2. The summed E-state index contributed by atoms with van der Waals surface area (Å²) in [4.78, 5) is 27.1. The number of hydrogen-bond acceptors (Lipinski definition) is 6. The molecule has 0 bridgehead atoms. The third-order valence-electron chi connectivity index (χ3n) is 3.54. The maximum atomic E-state index is 12.1. The Balaban J connectivity index is 1.92. The summed E-state index contributed by atoms with van der Waals surface area (Å²) < 4.78 is 16.4. The standard InChI is InChI=1S/C19H14INO6/c1-25-15-9-11(7-13(20)17(15)26-10-16(22)23)8-14-19(24)27-18(21-14)12-5-3-2-4-6-12/h2-9H,10H2,1H3,(H,22,23)/b14-8-. The van der Waals surface area contributed by atoms with E-state index in [1.807, 2.05) is 40.8 Å². The van der Waals surface area contributed by atoms with Crippen LogP contribution >= 0.6 is 22.6 Å². The molecule has 0 amide bonds. The molecule has 0 spiro atoms. The van der Waals surface area contributed by atoms with Crippen molar-refractivity contribution in [1.29, 1.82) is 0 Å². The molecule has 0 aliphatic carbocycles. The van der Waals surface area contributed by atoms with E-state index in [4.69, 9.17) is 19.3 Å². The highest BCUT2D eigenvalue weighted by molar-refractivity contribution is 14.1. The lowest BCUT2D eigenvalue weighted by Crippen LogP contribution is -2.11. The minimum atomic E-state index is -1.09. The first-order valence-corrected chi connectivity index (χ1v) is 8.86. The Morgan fingerprint density at radius 3 is 2.70 bits per heavy atom. The van der Waals surface area contributed by atoms with E-state index in [0.29, 0.717) is 26.2 Å². The normalized spacial score (nSPS) is 14.7. The van der Waals surface area contributed by atoms with Gasteiger partial charge < -0.3 is 19.3 Å². The van der Waals surface area contributed by atoms with Crippen molar-refractivity contribution in [3.8, 4) is 11.5 Å². The molecule has 7 nitrogen and oxygen atoms in total. The maximum absolute atomic E-state index is 12.1. The monoisotopic (exact) mass is 479 g/mol. The number of esters is 1. The summed E-state index contributed by atoms with van der Waals surface area (Å²) >= 11 is 2.01. The van der Waals surface area contributed by atoms with Gasteiger partial charge in [0.15, 0.2) is 23.8 Å². The van der Waals surface area contributed by atoms with Gasteiger partial charge in [-0.1, -0.05) is 18.2 Å². The van der Waals surface area contributed by atoms with Gasteiger partial charge in [0.1, 0.15) is 0 Å². The molecule has 2 aromatic rings. The summed E-state index contributed by atoms with van der Waals surface area (Å²) in [6.45, 7) is -0.482. The van der Waals surface area contributed by atoms with E-state index in [1.54, 1.807) is 30.3 Å². The molecule has 0 fully saturated rings. The molecule has 0 atom stereocenters. The number of benzene rings is 2. The first kappa shape index (κ1) is 18.9. The molecular weight excluding hydrogens is 465 g/mol. The summed E-state index contributed by atoms with van der Waals surface area (Å²) in [6, 6.07) is 12.5. The number of carboxylic acid groups (broad SMARTS) is 1. The van der Waals surface area contributed by atoms with E-state index in [2.05, 4.69) is 4.99 Å². The van der Waals surface area contributed by atoms with Crippen molar-refractivity contribution in [2.24, 2.45) is 4.99 Å². The van der Waals surface area contributed by atoms with Crippen LogP contribution in [-0.4, -0.2) is 36.7 Å². The summed E-state index contributed by atoms with van der Waals surface area (Å²) in [7, 11) is 1.45. The second kappa shape index (κ2) is 8.21. The zero-order chi connectivity index (χ0) is 19.4. The minimum Gasteiger partial charge on any atom is -0.493 e. The van der Waals surface area contributed by atoms with Gasteiger partial charge in [-0.25, -0.2) is 14.6 Å². The quantitative estimate of drug-likeness (QED) is 0.389. The van der Waals surface area contributed by atoms with Crippen LogP contribution in [0.4, 0.5) is 0 Å². The molecule has 1 N–H and O–H groups in total. The van der Waals surface area contributed by atoms with Crippen LogP contribution in [0.1, 0.15) is 11.1 Å². The van der Waals surface area contributed by atoms with Crippen molar-refractivity contribution >= 4 is 46.5 Å². The number of cyclic esters (lactones) is 1. The molecular formula is C19H14INO6. The Hall–Kier alpha value is -2.88. The molecule has 1 aliphatic heterocycles. The molecule has 0 saturated carbocycles. The predicted molar refractivity (Wildman–Crippen MR) is 106 cm³/mol. The van der Waals surface area contributed by atoms with Gasteiger partial charge in [0.2, 0.25) is 5.90 Å². The molecule has 3 rings (SSSR count). The number of ether oxygens (including phenoxy) is 3. The zero-order valence-corrected chi connectivity index (χ0v) is 16.3. The van der Waals surface area contributed by atoms with Crippen LogP contribution in [0.3, 0.4) is 0 Å². The largest absolute Gasteiger partial charge is 0.493 e. The van der Waals surface area contributed by atoms with E-state index < -0.39 is 18.5 Å². The van der Waals surface area contributed by atoms with E-state index in [0.717, 1.165) is 0 Å². The van der Waals surface area contributed by atoms with Crippen LogP contribution in [-0.2, 0) is 14.3 Å². The fourth-order valence-corrected chi connectivity index (χ4v) is 3.15. The van der Waals surface area contributed by atoms with Gasteiger partial charge in [-0.15, -0.1) is 0 Å². The Labute approximate surface area is 168 Å². The molecule has 1 heterocycles. The zero-order valence-electron chi connectivity index (χ0n) is 14.1. The van der Waals surface area contributed by atoms with Crippen molar-refractivity contribution in [3.63, 3.8) is 0 Å². The number of halogens is 1. The highest BCUT2D eigenvalue weighted by Gasteiger charge is 2.24. The first-order chi connectivity index (χ1) is 13.0. The van der Waals surface area contributed by atoms with Crippen molar-refractivity contribution in [3.05, 3.63) is 62.9 Å². The van der Waals surface area contributed by atoms with Gasteiger partial charge in [-0.05, 0) is 58.5 Å². The highest BCUT2D eigenvalue weighted by atomic mass is 127. The van der Waals surface area contributed by atoms with Crippen LogP contribution in [0, 0.1) is 3.57 Å². The van der Waals surface area contributed by atoms with Gasteiger partial charge in [-0.3, -0.25) is 0 Å². The summed E-state index contributed by atoms with van der Waals surface area (Å²) in [6.07, 6.45) is 1.57. The van der Waals surface area contributed by atoms with Crippen LogP contribution in [0.25, 0.3) is 6.08 Å². The van der Waals surface area contributed by atoms with Gasteiger partial charge in [0, 0.05) is 5.56 Å². The van der Waals surface area contributed by atoms with E-state index >= 15 is 0 Å². The SMILES string of the molecule is COc1cc(/C=C2\N=C(c3ccccc3)OC2=O)cc(I)c1OCC(=O)O. The molecule has 0 unspecified atom stereocenters. The smallest absolute Gasteiger partial charge is 0.363 e. The first-order valence-electron chi connectivity index (χ1n) is 7.78. The number of aliphatic imine (C=N–C) groups is 1. The predicted octanol–water partition coefficient (Wildman–Crippen LogP) is 3.11. The average Bonchev–Trinajstić information content (AvgIpc) is 3.01. The Bertz CT molecular complexity index is 952. The summed E-state index contributed by atoms with van der Waals surface area (Å²) in [5.74, 6) is -0.710. The molecule has 0 saturated heterocycles. The maximum Gasteiger partial charge on any atom is 0.363 e. The molecule has 0 aromatic heterocycles. The number of carboxylic acids is 1. The number of hydrogen-bond donors (Lipinski definition) is 1. The molecule has 27 heavy (non-hydrogen) atoms. The number of nitrogens with zero attached hydrogens (tertiary/aromatic N) is 1. The van der Waals surface area contributed by atoms with Crippen LogP contribution in [0.5, 0.6) is 11.5 Å². The Morgan fingerprint density at radius 1 is 1.30 bits per heavy atom. The number of rotatable bonds is 6. The van der Waals surface area contributed by atoms with Crippen molar-refractivity contribution in [2.75, 3.05) is 13.7 Å². The van der Waals surface area contributed by atoms with Gasteiger partial charge >= 0.3 is 11.9 Å². The van der Waals surface area contributed by atoms with Crippen LogP contribution in [0.15, 0.2) is 53.2 Å². The Morgan fingerprint density at radius 2 is 2.04 bits per heavy atom. The second-order valence-electron chi connectivity index (χ2n) is 5.42. The summed E-state index contributed by atoms with van der Waals surface area (Å²) in [5, 5.41) is 8.78. The lowest BCUT2D eigenvalue weighted by Gasteiger charge is -2.12. The van der Waals surface area contributed by atoms with Crippen LogP contribution < -0.4 is 9.47 Å². The lowest BCUT2D eigenvalue weighted by molar-refractivity contribution is -0.139. The van der Waals surface area contributed by atoms with Gasteiger partial charge in [0.25, 0.3) is 0 Å². The number of aliphatic carboxylic acids is 1. The molecule has 8 heteroatoms. The fraction of sp³-hybridized carbons (Fsp3) is 0.105. The molecule has 0 radical (unpaired) electrons. The van der Waals surface area contributed by atoms with E-state index in [1.165, 1.54) is 7.11 Å². The molecule has 2 aromatic carbocycles. The molecule has 138 valence electrons. The van der Waals surface area contributed by atoms with E-state index in [-0.39, 0.29) is 11.6 Å². The number of carbonyl (C=O) groups excluding carboxylic acids is 1. The van der Waals surface area contributed by atoms with Crippen molar-refractivity contribution < 1.29 is 28.9 Å². The van der Waals surface area contributed by atoms with Crippen molar-refractivity contribution in [1.82, 2.24) is 0 Å².